The van der Waals surface area contributed by atoms with Gasteiger partial charge in [0.1, 0.15) is 17.3 Å². The highest BCUT2D eigenvalue weighted by atomic mass is 19.1. The van der Waals surface area contributed by atoms with Crippen LogP contribution in [0, 0.1) is 5.82 Å². The molecule has 0 aliphatic rings. The largest absolute Gasteiger partial charge is 0.497 e. The number of aromatic nitrogens is 1. The van der Waals surface area contributed by atoms with E-state index in [-0.39, 0.29) is 10.9 Å². The Morgan fingerprint density at radius 2 is 1.52 bits per heavy atom. The minimum atomic E-state index is -0.533. The van der Waals surface area contributed by atoms with Crippen LogP contribution in [0.25, 0.3) is 10.9 Å². The van der Waals surface area contributed by atoms with Crippen LogP contribution < -0.4 is 14.9 Å². The zero-order chi connectivity index (χ0) is 22.0. The van der Waals surface area contributed by atoms with E-state index in [4.69, 9.17) is 9.47 Å². The molecule has 1 aromatic heterocycles. The van der Waals surface area contributed by atoms with Gasteiger partial charge < -0.3 is 14.0 Å². The minimum Gasteiger partial charge on any atom is -0.497 e. The summed E-state index contributed by atoms with van der Waals surface area (Å²) in [6.45, 7) is 0.398. The maximum absolute atomic E-state index is 13.9. The molecule has 156 valence electrons. The number of pyridine rings is 1. The summed E-state index contributed by atoms with van der Waals surface area (Å²) >= 11 is 0. The maximum atomic E-state index is 13.9. The summed E-state index contributed by atoms with van der Waals surface area (Å²) in [5.41, 5.74) is 1.33. The molecule has 6 heteroatoms. The summed E-state index contributed by atoms with van der Waals surface area (Å²) in [6, 6.07) is 18.0. The number of carbonyl (C=O) groups is 1. The molecule has 0 aliphatic heterocycles. The molecule has 0 amide bonds. The predicted molar refractivity (Wildman–Crippen MR) is 117 cm³/mol. The van der Waals surface area contributed by atoms with E-state index < -0.39 is 17.0 Å². The fraction of sp³-hybridized carbons (Fsp3) is 0.120. The molecule has 0 N–H and O–H groups in total. The second-order valence-electron chi connectivity index (χ2n) is 7.07. The van der Waals surface area contributed by atoms with E-state index in [1.807, 2.05) is 24.3 Å². The quantitative estimate of drug-likeness (QED) is 0.436. The van der Waals surface area contributed by atoms with Gasteiger partial charge in [0.25, 0.3) is 0 Å². The Morgan fingerprint density at radius 1 is 0.903 bits per heavy atom. The van der Waals surface area contributed by atoms with Crippen molar-refractivity contribution in [3.63, 3.8) is 0 Å². The molecule has 0 saturated heterocycles. The van der Waals surface area contributed by atoms with Crippen molar-refractivity contribution in [2.24, 2.45) is 0 Å². The first-order chi connectivity index (χ1) is 15.0. The van der Waals surface area contributed by atoms with Gasteiger partial charge in [-0.3, -0.25) is 9.59 Å². The Kier molecular flexibility index (Phi) is 5.54. The van der Waals surface area contributed by atoms with Crippen molar-refractivity contribution in [1.29, 1.82) is 0 Å². The first-order valence-corrected chi connectivity index (χ1v) is 9.64. The number of ether oxygens (including phenoxy) is 2. The van der Waals surface area contributed by atoms with Gasteiger partial charge in [-0.2, -0.15) is 0 Å². The van der Waals surface area contributed by atoms with Crippen LogP contribution >= 0.6 is 0 Å². The molecule has 0 bridgehead atoms. The van der Waals surface area contributed by atoms with Crippen LogP contribution in [0.15, 0.2) is 77.7 Å². The molecule has 4 aromatic rings. The van der Waals surface area contributed by atoms with Gasteiger partial charge in [-0.15, -0.1) is 0 Å². The number of ketones is 1. The van der Waals surface area contributed by atoms with Crippen LogP contribution in [0.5, 0.6) is 11.5 Å². The molecule has 5 nitrogen and oxygen atoms in total. The number of methoxy groups -OCH3 is 2. The van der Waals surface area contributed by atoms with E-state index in [1.54, 1.807) is 48.2 Å². The zero-order valence-electron chi connectivity index (χ0n) is 17.1. The molecular formula is C25H20FNO4. The maximum Gasteiger partial charge on any atom is 0.200 e. The zero-order valence-corrected chi connectivity index (χ0v) is 17.1. The van der Waals surface area contributed by atoms with Gasteiger partial charge in [-0.05, 0) is 60.2 Å². The Bertz CT molecular complexity index is 1310. The smallest absolute Gasteiger partial charge is 0.200 e. The van der Waals surface area contributed by atoms with Gasteiger partial charge in [-0.25, -0.2) is 4.39 Å². The predicted octanol–water partition coefficient (Wildman–Crippen LogP) is 4.44. The summed E-state index contributed by atoms with van der Waals surface area (Å²) in [7, 11) is 3.13. The molecule has 0 saturated carbocycles. The lowest BCUT2D eigenvalue weighted by atomic mass is 10.0. The average molecular weight is 417 g/mol. The highest BCUT2D eigenvalue weighted by Gasteiger charge is 2.18. The van der Waals surface area contributed by atoms with Crippen LogP contribution in [0.1, 0.15) is 21.5 Å². The van der Waals surface area contributed by atoms with Gasteiger partial charge in [0.15, 0.2) is 5.78 Å². The summed E-state index contributed by atoms with van der Waals surface area (Å²) in [6.07, 6.45) is 1.54. The second-order valence-corrected chi connectivity index (χ2v) is 7.07. The first kappa shape index (κ1) is 20.3. The number of carbonyl (C=O) groups excluding carboxylic acids is 1. The molecular weight excluding hydrogens is 397 g/mol. The third kappa shape index (κ3) is 4.05. The number of fused-ring (bicyclic) bond motifs is 1. The molecule has 0 unspecified atom stereocenters. The topological polar surface area (TPSA) is 57.5 Å². The Morgan fingerprint density at radius 3 is 2.13 bits per heavy atom. The van der Waals surface area contributed by atoms with Crippen molar-refractivity contribution in [1.82, 2.24) is 4.57 Å². The highest BCUT2D eigenvalue weighted by molar-refractivity contribution is 6.10. The fourth-order valence-electron chi connectivity index (χ4n) is 3.49. The van der Waals surface area contributed by atoms with Crippen molar-refractivity contribution in [3.05, 3.63) is 106 Å². The summed E-state index contributed by atoms with van der Waals surface area (Å²) in [5, 5.41) is 0.160. The van der Waals surface area contributed by atoms with E-state index in [0.29, 0.717) is 23.4 Å². The van der Waals surface area contributed by atoms with Crippen molar-refractivity contribution in [2.75, 3.05) is 14.2 Å². The van der Waals surface area contributed by atoms with Gasteiger partial charge in [0.2, 0.25) is 5.43 Å². The Labute approximate surface area is 178 Å². The normalized spacial score (nSPS) is 10.8. The highest BCUT2D eigenvalue weighted by Crippen LogP contribution is 2.20. The number of hydrogen-bond donors (Lipinski definition) is 0. The summed E-state index contributed by atoms with van der Waals surface area (Å²) < 4.78 is 26.0. The SMILES string of the molecule is COc1ccc(Cn2cc(C(=O)c3ccc(OC)cc3)c(=O)c3cc(F)ccc32)cc1. The van der Waals surface area contributed by atoms with Crippen LogP contribution in [0.2, 0.25) is 0 Å². The minimum absolute atomic E-state index is 0.0169. The second kappa shape index (κ2) is 8.44. The molecule has 0 spiro atoms. The average Bonchev–Trinajstić information content (AvgIpc) is 2.81. The molecule has 4 rings (SSSR count). The van der Waals surface area contributed by atoms with E-state index in [9.17, 15) is 14.0 Å². The Hall–Kier alpha value is -3.93. The lowest BCUT2D eigenvalue weighted by molar-refractivity contribution is 0.103. The molecule has 0 fully saturated rings. The number of rotatable bonds is 6. The van der Waals surface area contributed by atoms with Gasteiger partial charge >= 0.3 is 0 Å². The monoisotopic (exact) mass is 417 g/mol. The van der Waals surface area contributed by atoms with Crippen molar-refractivity contribution >= 4 is 16.7 Å². The van der Waals surface area contributed by atoms with E-state index in [1.165, 1.54) is 19.2 Å². The van der Waals surface area contributed by atoms with Gasteiger partial charge in [0, 0.05) is 23.7 Å². The van der Waals surface area contributed by atoms with E-state index in [0.717, 1.165) is 11.3 Å². The van der Waals surface area contributed by atoms with Crippen LogP contribution in [-0.2, 0) is 6.54 Å². The molecule has 0 radical (unpaired) electrons. The third-order valence-electron chi connectivity index (χ3n) is 5.15. The van der Waals surface area contributed by atoms with Crippen molar-refractivity contribution in [3.8, 4) is 11.5 Å². The van der Waals surface area contributed by atoms with Crippen molar-refractivity contribution < 1.29 is 18.7 Å². The van der Waals surface area contributed by atoms with E-state index in [2.05, 4.69) is 0 Å². The van der Waals surface area contributed by atoms with Crippen LogP contribution in [-0.4, -0.2) is 24.6 Å². The molecule has 31 heavy (non-hydrogen) atoms. The standard InChI is InChI=1S/C25H20FNO4/c1-30-19-8-3-16(4-9-19)14-27-15-22(24(28)17-5-10-20(31-2)11-6-17)25(29)21-13-18(26)7-12-23(21)27/h3-13,15H,14H2,1-2H3. The Balaban J connectivity index is 1.83. The summed E-state index contributed by atoms with van der Waals surface area (Å²) in [5.74, 6) is 0.372. The van der Waals surface area contributed by atoms with E-state index >= 15 is 0 Å². The van der Waals surface area contributed by atoms with Gasteiger partial charge in [-0.1, -0.05) is 12.1 Å². The number of hydrogen-bond acceptors (Lipinski definition) is 4. The molecule has 1 heterocycles. The summed E-state index contributed by atoms with van der Waals surface area (Å²) in [4.78, 5) is 26.2. The number of halogens is 1. The first-order valence-electron chi connectivity index (χ1n) is 9.64. The third-order valence-corrected chi connectivity index (χ3v) is 5.15. The molecule has 0 aliphatic carbocycles. The van der Waals surface area contributed by atoms with Gasteiger partial charge in [0.05, 0.1) is 25.3 Å². The molecule has 0 atom stereocenters. The van der Waals surface area contributed by atoms with Crippen LogP contribution in [0.4, 0.5) is 4.39 Å². The van der Waals surface area contributed by atoms with Crippen LogP contribution in [0.3, 0.4) is 0 Å². The number of nitrogens with zero attached hydrogens (tertiary/aromatic N) is 1. The van der Waals surface area contributed by atoms with Crippen molar-refractivity contribution in [2.45, 2.75) is 6.54 Å². The number of benzene rings is 3. The molecule has 3 aromatic carbocycles. The lowest BCUT2D eigenvalue weighted by Crippen LogP contribution is -2.20. The fourth-order valence-corrected chi connectivity index (χ4v) is 3.49. The lowest BCUT2D eigenvalue weighted by Gasteiger charge is -2.14.